The zero-order valence-electron chi connectivity index (χ0n) is 11.1. The van der Waals surface area contributed by atoms with Crippen molar-refractivity contribution in [1.29, 1.82) is 0 Å². The van der Waals surface area contributed by atoms with E-state index in [4.69, 9.17) is 5.73 Å². The molecule has 0 radical (unpaired) electrons. The third-order valence-electron chi connectivity index (χ3n) is 2.88. The van der Waals surface area contributed by atoms with E-state index in [1.54, 1.807) is 19.1 Å². The smallest absolute Gasteiger partial charge is 0.295 e. The highest BCUT2D eigenvalue weighted by molar-refractivity contribution is 6.08. The molecule has 0 saturated carbocycles. The zero-order chi connectivity index (χ0) is 15.6. The van der Waals surface area contributed by atoms with Crippen LogP contribution in [0.1, 0.15) is 15.9 Å². The zero-order valence-corrected chi connectivity index (χ0v) is 11.1. The van der Waals surface area contributed by atoms with Gasteiger partial charge in [0.2, 0.25) is 0 Å². The molecule has 2 aromatic rings. The number of nitro groups is 1. The minimum absolute atomic E-state index is 0.132. The number of aryl methyl sites for hydroxylation is 1. The van der Waals surface area contributed by atoms with Gasteiger partial charge < -0.3 is 11.1 Å². The van der Waals surface area contributed by atoms with Crippen LogP contribution >= 0.6 is 0 Å². The number of amides is 1. The van der Waals surface area contributed by atoms with Gasteiger partial charge >= 0.3 is 0 Å². The first-order valence-electron chi connectivity index (χ1n) is 6.00. The highest BCUT2D eigenvalue weighted by atomic mass is 19.1. The molecule has 0 aromatic heterocycles. The van der Waals surface area contributed by atoms with Crippen molar-refractivity contribution in [2.75, 3.05) is 11.1 Å². The lowest BCUT2D eigenvalue weighted by Crippen LogP contribution is -2.16. The number of anilines is 2. The number of rotatable bonds is 3. The topological polar surface area (TPSA) is 98.3 Å². The Morgan fingerprint density at radius 1 is 1.33 bits per heavy atom. The van der Waals surface area contributed by atoms with Crippen LogP contribution in [-0.4, -0.2) is 10.8 Å². The third-order valence-corrected chi connectivity index (χ3v) is 2.88. The number of carbonyl (C=O) groups is 1. The van der Waals surface area contributed by atoms with E-state index in [1.165, 1.54) is 12.1 Å². The SMILES string of the molecule is Cc1ccc(N)c(C(=O)Nc2c(F)cccc2[N+](=O)[O-])c1. The van der Waals surface area contributed by atoms with Crippen LogP contribution in [0.25, 0.3) is 0 Å². The number of benzene rings is 2. The van der Waals surface area contributed by atoms with E-state index in [-0.39, 0.29) is 11.3 Å². The lowest BCUT2D eigenvalue weighted by atomic mass is 10.1. The minimum Gasteiger partial charge on any atom is -0.398 e. The largest absolute Gasteiger partial charge is 0.398 e. The number of nitrogen functional groups attached to an aromatic ring is 1. The molecule has 0 aliphatic carbocycles. The van der Waals surface area contributed by atoms with Gasteiger partial charge in [-0.15, -0.1) is 0 Å². The molecule has 0 bridgehead atoms. The van der Waals surface area contributed by atoms with Crippen molar-refractivity contribution in [3.8, 4) is 0 Å². The maximum Gasteiger partial charge on any atom is 0.295 e. The molecule has 108 valence electrons. The third kappa shape index (κ3) is 2.97. The van der Waals surface area contributed by atoms with Crippen LogP contribution in [0, 0.1) is 22.9 Å². The first-order chi connectivity index (χ1) is 9.90. The lowest BCUT2D eigenvalue weighted by Gasteiger charge is -2.09. The highest BCUT2D eigenvalue weighted by Crippen LogP contribution is 2.28. The monoisotopic (exact) mass is 289 g/mol. The van der Waals surface area contributed by atoms with Crippen LogP contribution in [0.2, 0.25) is 0 Å². The number of nitrogens with zero attached hydrogens (tertiary/aromatic N) is 1. The predicted octanol–water partition coefficient (Wildman–Crippen LogP) is 2.88. The molecular formula is C14H12FN3O3. The van der Waals surface area contributed by atoms with E-state index < -0.39 is 28.0 Å². The predicted molar refractivity (Wildman–Crippen MR) is 76.6 cm³/mol. The molecule has 0 saturated heterocycles. The molecule has 0 aliphatic heterocycles. The molecule has 6 nitrogen and oxygen atoms in total. The standard InChI is InChI=1S/C14H12FN3O3/c1-8-5-6-11(16)9(7-8)14(19)17-13-10(15)3-2-4-12(13)18(20)21/h2-7H,16H2,1H3,(H,17,19). The van der Waals surface area contributed by atoms with E-state index >= 15 is 0 Å². The molecule has 0 spiro atoms. The number of nitro benzene ring substituents is 1. The van der Waals surface area contributed by atoms with Crippen molar-refractivity contribution in [2.24, 2.45) is 0 Å². The van der Waals surface area contributed by atoms with Crippen molar-refractivity contribution in [2.45, 2.75) is 6.92 Å². The van der Waals surface area contributed by atoms with E-state index in [0.29, 0.717) is 0 Å². The summed E-state index contributed by atoms with van der Waals surface area (Å²) >= 11 is 0. The molecule has 0 atom stereocenters. The molecule has 0 aliphatic rings. The van der Waals surface area contributed by atoms with Crippen molar-refractivity contribution in [3.63, 3.8) is 0 Å². The van der Waals surface area contributed by atoms with Crippen LogP contribution < -0.4 is 11.1 Å². The summed E-state index contributed by atoms with van der Waals surface area (Å²) in [5.74, 6) is -1.59. The molecule has 2 rings (SSSR count). The summed E-state index contributed by atoms with van der Waals surface area (Å²) < 4.78 is 13.7. The second-order valence-electron chi connectivity index (χ2n) is 4.44. The molecule has 7 heteroatoms. The second-order valence-corrected chi connectivity index (χ2v) is 4.44. The van der Waals surface area contributed by atoms with Crippen LogP contribution in [0.15, 0.2) is 36.4 Å². The van der Waals surface area contributed by atoms with E-state index in [2.05, 4.69) is 5.32 Å². The van der Waals surface area contributed by atoms with Crippen molar-refractivity contribution >= 4 is 23.0 Å². The Kier molecular flexibility index (Phi) is 3.84. The summed E-state index contributed by atoms with van der Waals surface area (Å²) in [7, 11) is 0. The van der Waals surface area contributed by atoms with Gasteiger partial charge in [0.15, 0.2) is 11.5 Å². The van der Waals surface area contributed by atoms with Gasteiger partial charge in [-0.3, -0.25) is 14.9 Å². The first kappa shape index (κ1) is 14.4. The van der Waals surface area contributed by atoms with Crippen molar-refractivity contribution in [3.05, 3.63) is 63.5 Å². The van der Waals surface area contributed by atoms with Gasteiger partial charge in [-0.25, -0.2) is 4.39 Å². The number of halogens is 1. The highest BCUT2D eigenvalue weighted by Gasteiger charge is 2.21. The number of nitrogens with one attached hydrogen (secondary N) is 1. The molecule has 0 heterocycles. The summed E-state index contributed by atoms with van der Waals surface area (Å²) in [4.78, 5) is 22.2. The molecule has 0 unspecified atom stereocenters. The summed E-state index contributed by atoms with van der Waals surface area (Å²) in [6.07, 6.45) is 0. The fraction of sp³-hybridized carbons (Fsp3) is 0.0714. The maximum atomic E-state index is 13.7. The Hall–Kier alpha value is -2.96. The van der Waals surface area contributed by atoms with Gasteiger partial charge in [0.05, 0.1) is 10.5 Å². The summed E-state index contributed by atoms with van der Waals surface area (Å²) in [5.41, 5.74) is 5.82. The molecule has 2 aromatic carbocycles. The lowest BCUT2D eigenvalue weighted by molar-refractivity contribution is -0.384. The summed E-state index contributed by atoms with van der Waals surface area (Å²) in [6, 6.07) is 8.12. The Morgan fingerprint density at radius 3 is 2.71 bits per heavy atom. The minimum atomic E-state index is -0.885. The van der Waals surface area contributed by atoms with Crippen LogP contribution in [0.3, 0.4) is 0 Å². The normalized spacial score (nSPS) is 10.2. The molecule has 3 N–H and O–H groups in total. The quantitative estimate of drug-likeness (QED) is 0.515. The Morgan fingerprint density at radius 2 is 2.05 bits per heavy atom. The van der Waals surface area contributed by atoms with Gasteiger partial charge in [-0.05, 0) is 25.1 Å². The van der Waals surface area contributed by atoms with Gasteiger partial charge in [-0.1, -0.05) is 17.7 Å². The van der Waals surface area contributed by atoms with Crippen LogP contribution in [0.4, 0.5) is 21.5 Å². The fourth-order valence-electron chi connectivity index (χ4n) is 1.84. The Balaban J connectivity index is 2.41. The number of hydrogen-bond acceptors (Lipinski definition) is 4. The van der Waals surface area contributed by atoms with Gasteiger partial charge in [-0.2, -0.15) is 0 Å². The van der Waals surface area contributed by atoms with E-state index in [0.717, 1.165) is 17.7 Å². The number of para-hydroxylation sites is 1. The average molecular weight is 289 g/mol. The average Bonchev–Trinajstić information content (AvgIpc) is 2.43. The number of hydrogen-bond donors (Lipinski definition) is 2. The van der Waals surface area contributed by atoms with Gasteiger partial charge in [0.25, 0.3) is 11.6 Å². The Labute approximate surface area is 119 Å². The molecule has 0 fully saturated rings. The van der Waals surface area contributed by atoms with Gasteiger partial charge in [0.1, 0.15) is 0 Å². The van der Waals surface area contributed by atoms with Gasteiger partial charge in [0, 0.05) is 11.8 Å². The second kappa shape index (κ2) is 5.58. The van der Waals surface area contributed by atoms with Crippen molar-refractivity contribution in [1.82, 2.24) is 0 Å². The number of nitrogens with two attached hydrogens (primary N) is 1. The number of carbonyl (C=O) groups excluding carboxylic acids is 1. The summed E-state index contributed by atoms with van der Waals surface area (Å²) in [6.45, 7) is 1.77. The van der Waals surface area contributed by atoms with Crippen LogP contribution in [0.5, 0.6) is 0 Å². The summed E-state index contributed by atoms with van der Waals surface area (Å²) in [5, 5.41) is 13.1. The molecule has 1 amide bonds. The van der Waals surface area contributed by atoms with E-state index in [1.807, 2.05) is 0 Å². The Bertz CT molecular complexity index is 731. The van der Waals surface area contributed by atoms with Crippen LogP contribution in [-0.2, 0) is 0 Å². The van der Waals surface area contributed by atoms with E-state index in [9.17, 15) is 19.3 Å². The molecular weight excluding hydrogens is 277 g/mol. The first-order valence-corrected chi connectivity index (χ1v) is 6.00. The van der Waals surface area contributed by atoms with Crippen molar-refractivity contribution < 1.29 is 14.1 Å². The molecule has 21 heavy (non-hydrogen) atoms. The fourth-order valence-corrected chi connectivity index (χ4v) is 1.84. The maximum absolute atomic E-state index is 13.7.